The van der Waals surface area contributed by atoms with Crippen LogP contribution >= 0.6 is 23.1 Å². The second-order valence-electron chi connectivity index (χ2n) is 7.40. The number of H-pyrrole nitrogens is 1. The van der Waals surface area contributed by atoms with E-state index in [2.05, 4.69) is 9.98 Å². The molecule has 1 aromatic carbocycles. The first-order valence-corrected chi connectivity index (χ1v) is 12.8. The zero-order valence-corrected chi connectivity index (χ0v) is 18.1. The fourth-order valence-electron chi connectivity index (χ4n) is 3.50. The Morgan fingerprint density at radius 2 is 2.10 bits per heavy atom. The van der Waals surface area contributed by atoms with Gasteiger partial charge in [0.2, 0.25) is 0 Å². The predicted molar refractivity (Wildman–Crippen MR) is 120 cm³/mol. The van der Waals surface area contributed by atoms with Crippen LogP contribution in [0.2, 0.25) is 0 Å². The van der Waals surface area contributed by atoms with Crippen LogP contribution in [-0.4, -0.2) is 48.5 Å². The molecule has 0 saturated heterocycles. The van der Waals surface area contributed by atoms with Gasteiger partial charge in [0.15, 0.2) is 0 Å². The Bertz CT molecular complexity index is 1160. The molecule has 0 spiro atoms. The summed E-state index contributed by atoms with van der Waals surface area (Å²) in [5.74, 6) is 0.412. The van der Waals surface area contributed by atoms with Crippen molar-refractivity contribution in [2.24, 2.45) is 10.9 Å². The van der Waals surface area contributed by atoms with Crippen molar-refractivity contribution in [1.29, 1.82) is 0 Å². The number of thioether (sulfide) groups is 1. The molecule has 0 amide bonds. The van der Waals surface area contributed by atoms with E-state index in [4.69, 9.17) is 0 Å². The van der Waals surface area contributed by atoms with Crippen LogP contribution in [0.1, 0.15) is 18.5 Å². The SMILES string of the molecule is O=S(=O)(c1cccs1)N(CC1CC1)c1cccc2cc(C3=NCC(CO)S3)[nH]c12. The van der Waals surface area contributed by atoms with Crippen molar-refractivity contribution in [3.8, 4) is 0 Å². The average Bonchev–Trinajstić information content (AvgIpc) is 3.14. The van der Waals surface area contributed by atoms with Gasteiger partial charge in [-0.15, -0.1) is 11.3 Å². The predicted octanol–water partition coefficient (Wildman–Crippen LogP) is 3.69. The average molecular weight is 448 g/mol. The lowest BCUT2D eigenvalue weighted by Gasteiger charge is -2.24. The number of thiophene rings is 1. The Labute approximate surface area is 177 Å². The normalized spacial score (nSPS) is 19.6. The van der Waals surface area contributed by atoms with E-state index in [1.165, 1.54) is 11.3 Å². The smallest absolute Gasteiger partial charge is 0.273 e. The highest BCUT2D eigenvalue weighted by Gasteiger charge is 2.34. The van der Waals surface area contributed by atoms with Gasteiger partial charge >= 0.3 is 0 Å². The van der Waals surface area contributed by atoms with E-state index in [-0.39, 0.29) is 11.9 Å². The van der Waals surface area contributed by atoms with Gasteiger partial charge < -0.3 is 10.1 Å². The van der Waals surface area contributed by atoms with Crippen molar-refractivity contribution in [3.05, 3.63) is 47.5 Å². The van der Waals surface area contributed by atoms with E-state index < -0.39 is 10.0 Å². The van der Waals surface area contributed by atoms with Gasteiger partial charge in [0.1, 0.15) is 9.25 Å². The lowest BCUT2D eigenvalue weighted by Crippen LogP contribution is -2.32. The molecule has 5 rings (SSSR count). The summed E-state index contributed by atoms with van der Waals surface area (Å²) in [5, 5.41) is 13.1. The number of aliphatic imine (C=N–C) groups is 1. The van der Waals surface area contributed by atoms with Crippen molar-refractivity contribution in [1.82, 2.24) is 4.98 Å². The topological polar surface area (TPSA) is 85.8 Å². The standard InChI is InChI=1S/C20H21N3O3S3/c24-12-15-10-21-20(28-15)16-9-14-3-1-4-17(19(14)22-16)23(11-13-6-7-13)29(25,26)18-5-2-8-27-18/h1-5,8-9,13,15,22,24H,6-7,10-12H2. The van der Waals surface area contributed by atoms with Gasteiger partial charge in [0.25, 0.3) is 10.0 Å². The lowest BCUT2D eigenvalue weighted by atomic mass is 10.2. The second kappa shape index (κ2) is 7.46. The Morgan fingerprint density at radius 3 is 2.79 bits per heavy atom. The molecule has 152 valence electrons. The molecule has 2 N–H and O–H groups in total. The number of aliphatic hydroxyl groups is 1. The van der Waals surface area contributed by atoms with Crippen molar-refractivity contribution < 1.29 is 13.5 Å². The number of nitrogens with one attached hydrogen (secondary N) is 1. The number of aromatic nitrogens is 1. The molecule has 2 aromatic heterocycles. The minimum Gasteiger partial charge on any atom is -0.395 e. The fraction of sp³-hybridized carbons (Fsp3) is 0.350. The first kappa shape index (κ1) is 19.2. The van der Waals surface area contributed by atoms with E-state index in [1.54, 1.807) is 33.6 Å². The third kappa shape index (κ3) is 3.61. The van der Waals surface area contributed by atoms with E-state index in [9.17, 15) is 13.5 Å². The number of aliphatic hydroxyl groups excluding tert-OH is 1. The molecule has 1 aliphatic carbocycles. The molecule has 0 bridgehead atoms. The molecule has 3 aromatic rings. The monoisotopic (exact) mass is 447 g/mol. The Hall–Kier alpha value is -1.81. The van der Waals surface area contributed by atoms with Crippen molar-refractivity contribution in [2.45, 2.75) is 22.3 Å². The van der Waals surface area contributed by atoms with Gasteiger partial charge in [0, 0.05) is 11.9 Å². The summed E-state index contributed by atoms with van der Waals surface area (Å²) in [5.41, 5.74) is 2.35. The Balaban J connectivity index is 1.58. The van der Waals surface area contributed by atoms with E-state index >= 15 is 0 Å². The number of sulfonamides is 1. The molecule has 6 nitrogen and oxygen atoms in total. The van der Waals surface area contributed by atoms with E-state index in [0.717, 1.165) is 34.5 Å². The molecular weight excluding hydrogens is 426 g/mol. The summed E-state index contributed by atoms with van der Waals surface area (Å²) in [7, 11) is -3.62. The minimum atomic E-state index is -3.62. The second-order valence-corrected chi connectivity index (χ2v) is 11.7. The van der Waals surface area contributed by atoms with Gasteiger partial charge in [0.05, 0.1) is 35.3 Å². The van der Waals surface area contributed by atoms with Gasteiger partial charge in [-0.25, -0.2) is 8.42 Å². The highest BCUT2D eigenvalue weighted by molar-refractivity contribution is 8.15. The first-order valence-electron chi connectivity index (χ1n) is 9.56. The maximum Gasteiger partial charge on any atom is 0.273 e. The van der Waals surface area contributed by atoms with Crippen LogP contribution in [0.4, 0.5) is 5.69 Å². The maximum absolute atomic E-state index is 13.4. The van der Waals surface area contributed by atoms with Crippen LogP contribution in [0.5, 0.6) is 0 Å². The molecule has 2 aliphatic rings. The van der Waals surface area contributed by atoms with Crippen molar-refractivity contribution in [3.63, 3.8) is 0 Å². The highest BCUT2D eigenvalue weighted by Crippen LogP contribution is 2.38. The van der Waals surface area contributed by atoms with Crippen LogP contribution in [-0.2, 0) is 10.0 Å². The summed E-state index contributed by atoms with van der Waals surface area (Å²) in [6, 6.07) is 11.2. The van der Waals surface area contributed by atoms with Crippen LogP contribution in [0.15, 0.2) is 51.0 Å². The molecule has 1 fully saturated rings. The van der Waals surface area contributed by atoms with Crippen LogP contribution in [0.3, 0.4) is 0 Å². The molecule has 0 radical (unpaired) electrons. The van der Waals surface area contributed by atoms with Gasteiger partial charge in [-0.3, -0.25) is 9.30 Å². The molecule has 9 heteroatoms. The zero-order chi connectivity index (χ0) is 20.0. The molecule has 29 heavy (non-hydrogen) atoms. The molecule has 1 atom stereocenters. The molecule has 1 saturated carbocycles. The Morgan fingerprint density at radius 1 is 1.24 bits per heavy atom. The summed E-state index contributed by atoms with van der Waals surface area (Å²) < 4.78 is 28.8. The van der Waals surface area contributed by atoms with Gasteiger partial charge in [-0.05, 0) is 42.3 Å². The lowest BCUT2D eigenvalue weighted by molar-refractivity contribution is 0.297. The quantitative estimate of drug-likeness (QED) is 0.578. The number of anilines is 1. The highest BCUT2D eigenvalue weighted by atomic mass is 32.2. The fourth-order valence-corrected chi connectivity index (χ4v) is 7.09. The molecule has 1 unspecified atom stereocenters. The molecule has 1 aliphatic heterocycles. The third-order valence-corrected chi connectivity index (χ3v) is 9.57. The van der Waals surface area contributed by atoms with Gasteiger partial charge in [-0.1, -0.05) is 30.0 Å². The number of fused-ring (bicyclic) bond motifs is 1. The van der Waals surface area contributed by atoms with E-state index in [1.807, 2.05) is 24.3 Å². The number of hydrogen-bond donors (Lipinski definition) is 2. The number of benzene rings is 1. The van der Waals surface area contributed by atoms with Crippen LogP contribution < -0.4 is 4.31 Å². The summed E-state index contributed by atoms with van der Waals surface area (Å²) in [6.07, 6.45) is 2.14. The third-order valence-electron chi connectivity index (χ3n) is 5.21. The summed E-state index contributed by atoms with van der Waals surface area (Å²) >= 11 is 2.80. The molecular formula is C20H21N3O3S3. The largest absolute Gasteiger partial charge is 0.395 e. The van der Waals surface area contributed by atoms with Gasteiger partial charge in [-0.2, -0.15) is 0 Å². The minimum absolute atomic E-state index is 0.0847. The summed E-state index contributed by atoms with van der Waals surface area (Å²) in [6.45, 7) is 1.19. The molecule has 3 heterocycles. The number of para-hydroxylation sites is 1. The van der Waals surface area contributed by atoms with Crippen molar-refractivity contribution in [2.75, 3.05) is 24.0 Å². The van der Waals surface area contributed by atoms with Crippen LogP contribution in [0, 0.1) is 5.92 Å². The Kier molecular flexibility index (Phi) is 4.93. The first-order chi connectivity index (χ1) is 14.1. The number of rotatable bonds is 7. The van der Waals surface area contributed by atoms with E-state index in [0.29, 0.717) is 28.9 Å². The maximum atomic E-state index is 13.4. The number of nitrogens with zero attached hydrogens (tertiary/aromatic N) is 2. The van der Waals surface area contributed by atoms with Crippen molar-refractivity contribution >= 4 is 54.8 Å². The zero-order valence-electron chi connectivity index (χ0n) is 15.6. The van der Waals surface area contributed by atoms with Crippen LogP contribution in [0.25, 0.3) is 10.9 Å². The number of aromatic amines is 1. The summed E-state index contributed by atoms with van der Waals surface area (Å²) in [4.78, 5) is 7.94. The number of hydrogen-bond acceptors (Lipinski definition) is 6.